The lowest BCUT2D eigenvalue weighted by Gasteiger charge is -2.40. The Bertz CT molecular complexity index is 1770. The SMILES string of the molecule is O=S(=O)(N[C@H]1CC2=C(c3ccn(C(F)F)n3)[C@H](c3ccc(F)cc3Cl)N=C(c3nccs3)N2C1)C1C2CC[C@H]1CC(O)(CO)C2. The Morgan fingerprint density at radius 1 is 1.20 bits per heavy atom. The van der Waals surface area contributed by atoms with Gasteiger partial charge in [0.1, 0.15) is 11.9 Å². The molecule has 16 heteroatoms. The summed E-state index contributed by atoms with van der Waals surface area (Å²) in [6.45, 7) is -3.10. The highest BCUT2D eigenvalue weighted by atomic mass is 35.5. The van der Waals surface area contributed by atoms with Crippen molar-refractivity contribution in [1.82, 2.24) is 24.4 Å². The van der Waals surface area contributed by atoms with E-state index in [-0.39, 0.29) is 48.4 Å². The van der Waals surface area contributed by atoms with Gasteiger partial charge in [0, 0.05) is 58.6 Å². The molecule has 0 radical (unpaired) electrons. The number of sulfonamides is 1. The van der Waals surface area contributed by atoms with Crippen LogP contribution in [0.3, 0.4) is 0 Å². The summed E-state index contributed by atoms with van der Waals surface area (Å²) in [6.07, 6.45) is 4.70. The minimum atomic E-state index is -3.87. The van der Waals surface area contributed by atoms with Gasteiger partial charge in [0.05, 0.1) is 23.2 Å². The molecule has 4 heterocycles. The lowest BCUT2D eigenvalue weighted by Crippen LogP contribution is -2.52. The average Bonchev–Trinajstić information content (AvgIpc) is 3.79. The maximum Gasteiger partial charge on any atom is 0.333 e. The molecular formula is C29H30ClF3N6O4S2. The van der Waals surface area contributed by atoms with Gasteiger partial charge in [-0.15, -0.1) is 11.3 Å². The highest BCUT2D eigenvalue weighted by Gasteiger charge is 2.54. The number of hydrogen-bond donors (Lipinski definition) is 3. The molecule has 0 amide bonds. The van der Waals surface area contributed by atoms with Gasteiger partial charge in [-0.1, -0.05) is 17.7 Å². The van der Waals surface area contributed by atoms with E-state index in [0.29, 0.717) is 45.2 Å². The van der Waals surface area contributed by atoms with Crippen molar-refractivity contribution in [3.8, 4) is 0 Å². The Balaban J connectivity index is 1.29. The summed E-state index contributed by atoms with van der Waals surface area (Å²) in [5.41, 5.74) is 0.438. The van der Waals surface area contributed by atoms with Crippen LogP contribution < -0.4 is 4.72 Å². The molecule has 2 saturated carbocycles. The molecule has 10 nitrogen and oxygen atoms in total. The molecule has 1 aromatic carbocycles. The number of alkyl halides is 2. The standard InChI is InChI=1S/C29H30ClF3N6O4S2/c30-20-9-17(31)3-4-19(20)24-23(21-5-7-39(36-21)28(32)33)22-10-18(13-38(22)26(35-24)27-34-6-8-44-27)37-45(42,43)25-15-1-2-16(25)12-29(41,11-15)14-40/h3-9,15-16,18,24-25,28,37,40-41H,1-2,10-14H2/t15-,16?,18-,24-,25?,29?/m0/s1. The Labute approximate surface area is 266 Å². The number of amidine groups is 1. The molecule has 1 saturated heterocycles. The quantitative estimate of drug-likeness (QED) is 0.322. The van der Waals surface area contributed by atoms with E-state index in [4.69, 9.17) is 16.6 Å². The van der Waals surface area contributed by atoms with Crippen molar-refractivity contribution in [3.63, 3.8) is 0 Å². The van der Waals surface area contributed by atoms with E-state index in [0.717, 1.165) is 12.3 Å². The first kappa shape index (κ1) is 30.8. The fraction of sp³-hybridized carbons (Fsp3) is 0.483. The van der Waals surface area contributed by atoms with Gasteiger partial charge in [0.15, 0.2) is 10.8 Å². The third kappa shape index (κ3) is 5.50. The number of nitrogens with one attached hydrogen (secondary N) is 1. The first-order chi connectivity index (χ1) is 21.5. The molecular weight excluding hydrogens is 653 g/mol. The van der Waals surface area contributed by atoms with Crippen LogP contribution >= 0.6 is 22.9 Å². The second kappa shape index (κ2) is 11.5. The Morgan fingerprint density at radius 3 is 2.58 bits per heavy atom. The van der Waals surface area contributed by atoms with Crippen molar-refractivity contribution in [3.05, 3.63) is 74.8 Å². The van der Waals surface area contributed by atoms with Crippen molar-refractivity contribution < 1.29 is 31.8 Å². The highest BCUT2D eigenvalue weighted by Crippen LogP contribution is 2.50. The number of aliphatic hydroxyl groups excluding tert-OH is 1. The number of fused-ring (bicyclic) bond motifs is 3. The average molecular weight is 683 g/mol. The maximum atomic E-state index is 14.1. The molecule has 3 N–H and O–H groups in total. The van der Waals surface area contributed by atoms with Crippen LogP contribution in [0.1, 0.15) is 61.0 Å². The molecule has 2 aliphatic carbocycles. The van der Waals surface area contributed by atoms with Crippen molar-refractivity contribution in [2.75, 3.05) is 13.2 Å². The summed E-state index contributed by atoms with van der Waals surface area (Å²) in [6, 6.07) is 3.86. The number of halogens is 4. The van der Waals surface area contributed by atoms with E-state index in [2.05, 4.69) is 14.8 Å². The minimum absolute atomic E-state index is 0.0907. The van der Waals surface area contributed by atoms with Gasteiger partial charge in [-0.25, -0.2) is 27.2 Å². The predicted molar refractivity (Wildman–Crippen MR) is 162 cm³/mol. The normalized spacial score (nSPS) is 29.9. The van der Waals surface area contributed by atoms with Gasteiger partial charge in [0.2, 0.25) is 10.0 Å². The van der Waals surface area contributed by atoms with Crippen LogP contribution in [-0.4, -0.2) is 74.2 Å². The monoisotopic (exact) mass is 682 g/mol. The molecule has 3 unspecified atom stereocenters. The second-order valence-corrected chi connectivity index (χ2v) is 15.4. The van der Waals surface area contributed by atoms with E-state index < -0.39 is 51.9 Å². The number of rotatable bonds is 8. The molecule has 45 heavy (non-hydrogen) atoms. The number of benzene rings is 1. The van der Waals surface area contributed by atoms with Crippen LogP contribution in [-0.2, 0) is 10.0 Å². The Morgan fingerprint density at radius 2 is 1.96 bits per heavy atom. The fourth-order valence-electron chi connectivity index (χ4n) is 7.62. The molecule has 3 fully saturated rings. The van der Waals surface area contributed by atoms with Gasteiger partial charge >= 0.3 is 6.55 Å². The first-order valence-electron chi connectivity index (χ1n) is 14.6. The van der Waals surface area contributed by atoms with Gasteiger partial charge < -0.3 is 15.1 Å². The van der Waals surface area contributed by atoms with E-state index in [1.807, 2.05) is 4.90 Å². The molecule has 2 aliphatic heterocycles. The number of aliphatic hydroxyl groups is 2. The van der Waals surface area contributed by atoms with E-state index in [1.54, 1.807) is 11.6 Å². The van der Waals surface area contributed by atoms with Gasteiger partial charge in [-0.3, -0.25) is 4.99 Å². The third-order valence-corrected chi connectivity index (χ3v) is 12.6. The number of aromatic nitrogens is 3. The summed E-state index contributed by atoms with van der Waals surface area (Å²) in [5, 5.41) is 26.3. The smallest absolute Gasteiger partial charge is 0.333 e. The topological polar surface area (TPSA) is 133 Å². The van der Waals surface area contributed by atoms with Gasteiger partial charge in [-0.2, -0.15) is 13.9 Å². The largest absolute Gasteiger partial charge is 0.393 e. The highest BCUT2D eigenvalue weighted by molar-refractivity contribution is 7.90. The van der Waals surface area contributed by atoms with Crippen LogP contribution in [0.5, 0.6) is 0 Å². The molecule has 3 aromatic rings. The lowest BCUT2D eigenvalue weighted by atomic mass is 9.77. The molecule has 6 atom stereocenters. The molecule has 0 spiro atoms. The number of thiazole rings is 1. The van der Waals surface area contributed by atoms with Crippen molar-refractivity contribution in [2.24, 2.45) is 16.8 Å². The van der Waals surface area contributed by atoms with E-state index in [1.165, 1.54) is 29.5 Å². The molecule has 2 bridgehead atoms. The zero-order valence-electron chi connectivity index (χ0n) is 23.7. The van der Waals surface area contributed by atoms with Crippen molar-refractivity contribution in [1.29, 1.82) is 0 Å². The number of aliphatic imine (C=N–C) groups is 1. The molecule has 4 aliphatic rings. The first-order valence-corrected chi connectivity index (χ1v) is 17.4. The summed E-state index contributed by atoms with van der Waals surface area (Å²) in [4.78, 5) is 11.3. The second-order valence-electron chi connectivity index (χ2n) is 12.2. The van der Waals surface area contributed by atoms with E-state index in [9.17, 15) is 31.8 Å². The zero-order chi connectivity index (χ0) is 31.7. The number of nitrogens with zero attached hydrogens (tertiary/aromatic N) is 5. The van der Waals surface area contributed by atoms with Crippen LogP contribution in [0.25, 0.3) is 5.57 Å². The van der Waals surface area contributed by atoms with E-state index >= 15 is 0 Å². The Hall–Kier alpha value is -2.82. The molecule has 2 aromatic heterocycles. The van der Waals surface area contributed by atoms with Crippen LogP contribution in [0.4, 0.5) is 13.2 Å². The molecule has 7 rings (SSSR count). The fourth-order valence-corrected chi connectivity index (χ4v) is 10.8. The van der Waals surface area contributed by atoms with Gasteiger partial charge in [0.25, 0.3) is 0 Å². The van der Waals surface area contributed by atoms with Crippen molar-refractivity contribution >= 4 is 44.4 Å². The Kier molecular flexibility index (Phi) is 7.84. The summed E-state index contributed by atoms with van der Waals surface area (Å²) in [7, 11) is -3.87. The maximum absolute atomic E-state index is 14.1. The predicted octanol–water partition coefficient (Wildman–Crippen LogP) is 4.35. The minimum Gasteiger partial charge on any atom is -0.393 e. The number of hydrogen-bond acceptors (Lipinski definition) is 9. The zero-order valence-corrected chi connectivity index (χ0v) is 26.1. The summed E-state index contributed by atoms with van der Waals surface area (Å²) in [5.74, 6) is -0.665. The van der Waals surface area contributed by atoms with Crippen LogP contribution in [0.2, 0.25) is 5.02 Å². The summed E-state index contributed by atoms with van der Waals surface area (Å²) < 4.78 is 72.6. The van der Waals surface area contributed by atoms with Crippen LogP contribution in [0.15, 0.2) is 52.7 Å². The van der Waals surface area contributed by atoms with Crippen molar-refractivity contribution in [2.45, 2.75) is 61.6 Å². The lowest BCUT2D eigenvalue weighted by molar-refractivity contribution is -0.0597. The third-order valence-electron chi connectivity index (χ3n) is 9.33. The van der Waals surface area contributed by atoms with Crippen LogP contribution in [0, 0.1) is 17.7 Å². The molecule has 240 valence electrons. The van der Waals surface area contributed by atoms with Gasteiger partial charge in [-0.05, 0) is 55.7 Å². The summed E-state index contributed by atoms with van der Waals surface area (Å²) >= 11 is 7.86.